The summed E-state index contributed by atoms with van der Waals surface area (Å²) >= 11 is 5.90. The van der Waals surface area contributed by atoms with Crippen LogP contribution in [0.4, 0.5) is 5.69 Å². The molecule has 0 aliphatic carbocycles. The topological polar surface area (TPSA) is 94.6 Å². The lowest BCUT2D eigenvalue weighted by Gasteiger charge is -2.07. The van der Waals surface area contributed by atoms with Crippen molar-refractivity contribution in [3.63, 3.8) is 0 Å². The second-order valence-corrected chi connectivity index (χ2v) is 5.81. The van der Waals surface area contributed by atoms with Crippen molar-refractivity contribution >= 4 is 29.1 Å². The summed E-state index contributed by atoms with van der Waals surface area (Å²) in [5, 5.41) is 3.18. The SMILES string of the molecule is NC(=O)c1ccccc1NC(=O)c1ccc(COc2cccc(Cl)c2)o1. The van der Waals surface area contributed by atoms with Gasteiger partial charge in [-0.3, -0.25) is 9.59 Å². The van der Waals surface area contributed by atoms with Crippen LogP contribution in [0.3, 0.4) is 0 Å². The first-order valence-corrected chi connectivity index (χ1v) is 8.08. The lowest BCUT2D eigenvalue weighted by molar-refractivity contribution is 0.0992. The highest BCUT2D eigenvalue weighted by Gasteiger charge is 2.15. The van der Waals surface area contributed by atoms with Gasteiger partial charge < -0.3 is 20.2 Å². The zero-order valence-corrected chi connectivity index (χ0v) is 14.3. The highest BCUT2D eigenvalue weighted by atomic mass is 35.5. The molecule has 26 heavy (non-hydrogen) atoms. The molecule has 132 valence electrons. The molecule has 0 saturated carbocycles. The number of primary amides is 1. The van der Waals surface area contributed by atoms with Crippen molar-refractivity contribution in [1.82, 2.24) is 0 Å². The Morgan fingerprint density at radius 2 is 1.88 bits per heavy atom. The fourth-order valence-corrected chi connectivity index (χ4v) is 2.46. The lowest BCUT2D eigenvalue weighted by Crippen LogP contribution is -2.17. The number of furan rings is 1. The van der Waals surface area contributed by atoms with Crippen molar-refractivity contribution in [2.24, 2.45) is 5.73 Å². The van der Waals surface area contributed by atoms with Gasteiger partial charge in [-0.05, 0) is 42.5 Å². The molecular formula is C19H15ClN2O4. The van der Waals surface area contributed by atoms with Crippen LogP contribution in [0.5, 0.6) is 5.75 Å². The quantitative estimate of drug-likeness (QED) is 0.688. The van der Waals surface area contributed by atoms with Crippen LogP contribution in [0.1, 0.15) is 26.7 Å². The van der Waals surface area contributed by atoms with Gasteiger partial charge >= 0.3 is 0 Å². The zero-order chi connectivity index (χ0) is 18.5. The highest BCUT2D eigenvalue weighted by Crippen LogP contribution is 2.20. The number of rotatable bonds is 6. The largest absolute Gasteiger partial charge is 0.486 e. The molecular weight excluding hydrogens is 356 g/mol. The summed E-state index contributed by atoms with van der Waals surface area (Å²) < 4.78 is 11.0. The minimum atomic E-state index is -0.629. The second kappa shape index (κ2) is 7.76. The summed E-state index contributed by atoms with van der Waals surface area (Å²) in [7, 11) is 0. The first kappa shape index (κ1) is 17.6. The van der Waals surface area contributed by atoms with Gasteiger partial charge in [0.15, 0.2) is 5.76 Å². The van der Waals surface area contributed by atoms with Crippen molar-refractivity contribution in [3.8, 4) is 5.75 Å². The molecule has 0 spiro atoms. The van der Waals surface area contributed by atoms with E-state index in [0.717, 1.165) is 0 Å². The van der Waals surface area contributed by atoms with E-state index in [9.17, 15) is 9.59 Å². The Morgan fingerprint density at radius 1 is 1.08 bits per heavy atom. The first-order chi connectivity index (χ1) is 12.5. The van der Waals surface area contributed by atoms with E-state index in [2.05, 4.69) is 5.32 Å². The maximum Gasteiger partial charge on any atom is 0.291 e. The molecule has 0 aliphatic rings. The van der Waals surface area contributed by atoms with Crippen LogP contribution >= 0.6 is 11.6 Å². The van der Waals surface area contributed by atoms with E-state index in [0.29, 0.717) is 22.2 Å². The molecule has 2 aromatic carbocycles. The van der Waals surface area contributed by atoms with Gasteiger partial charge in [0.25, 0.3) is 11.8 Å². The fourth-order valence-electron chi connectivity index (χ4n) is 2.28. The molecule has 2 amide bonds. The van der Waals surface area contributed by atoms with E-state index < -0.39 is 11.8 Å². The van der Waals surface area contributed by atoms with Crippen molar-refractivity contribution in [2.45, 2.75) is 6.61 Å². The molecule has 0 saturated heterocycles. The van der Waals surface area contributed by atoms with Gasteiger partial charge in [0.05, 0.1) is 11.3 Å². The van der Waals surface area contributed by atoms with Gasteiger partial charge in [-0.2, -0.15) is 0 Å². The Kier molecular flexibility index (Phi) is 5.24. The number of amides is 2. The van der Waals surface area contributed by atoms with Gasteiger partial charge in [-0.1, -0.05) is 29.8 Å². The summed E-state index contributed by atoms with van der Waals surface area (Å²) in [6, 6.07) is 16.6. The summed E-state index contributed by atoms with van der Waals surface area (Å²) in [4.78, 5) is 23.7. The Labute approximate surface area is 154 Å². The summed E-state index contributed by atoms with van der Waals surface area (Å²) in [5.41, 5.74) is 5.84. The third-order valence-corrected chi connectivity index (χ3v) is 3.74. The highest BCUT2D eigenvalue weighted by molar-refractivity contribution is 6.30. The molecule has 1 aromatic heterocycles. The van der Waals surface area contributed by atoms with Crippen LogP contribution < -0.4 is 15.8 Å². The molecule has 3 rings (SSSR count). The Bertz CT molecular complexity index is 952. The smallest absolute Gasteiger partial charge is 0.291 e. The number of benzene rings is 2. The predicted molar refractivity (Wildman–Crippen MR) is 97.4 cm³/mol. The summed E-state index contributed by atoms with van der Waals surface area (Å²) in [6.45, 7) is 0.144. The van der Waals surface area contributed by atoms with Crippen LogP contribution in [-0.2, 0) is 6.61 Å². The van der Waals surface area contributed by atoms with E-state index in [1.54, 1.807) is 48.5 Å². The standard InChI is InChI=1S/C19H15ClN2O4/c20-12-4-3-5-13(10-12)25-11-14-8-9-17(26-14)19(24)22-16-7-2-1-6-15(16)18(21)23/h1-10H,11H2,(H2,21,23)(H,22,24). The van der Waals surface area contributed by atoms with Crippen molar-refractivity contribution < 1.29 is 18.7 Å². The van der Waals surface area contributed by atoms with Crippen molar-refractivity contribution in [3.05, 3.63) is 82.8 Å². The minimum absolute atomic E-state index is 0.0916. The maximum absolute atomic E-state index is 12.3. The molecule has 1 heterocycles. The van der Waals surface area contributed by atoms with Crippen LogP contribution in [0, 0.1) is 0 Å². The van der Waals surface area contributed by atoms with E-state index in [1.807, 2.05) is 0 Å². The predicted octanol–water partition coefficient (Wildman–Crippen LogP) is 3.86. The van der Waals surface area contributed by atoms with E-state index in [4.69, 9.17) is 26.5 Å². The van der Waals surface area contributed by atoms with Gasteiger partial charge in [0.2, 0.25) is 0 Å². The summed E-state index contributed by atoms with van der Waals surface area (Å²) in [6.07, 6.45) is 0. The number of carbonyl (C=O) groups is 2. The molecule has 7 heteroatoms. The third kappa shape index (κ3) is 4.23. The number of ether oxygens (including phenoxy) is 1. The van der Waals surface area contributed by atoms with Gasteiger partial charge in [0.1, 0.15) is 18.1 Å². The molecule has 0 bridgehead atoms. The van der Waals surface area contributed by atoms with E-state index in [-0.39, 0.29) is 17.9 Å². The number of nitrogens with one attached hydrogen (secondary N) is 1. The number of para-hydroxylation sites is 1. The molecule has 0 unspecified atom stereocenters. The van der Waals surface area contributed by atoms with Gasteiger partial charge in [0, 0.05) is 5.02 Å². The van der Waals surface area contributed by atoms with E-state index in [1.165, 1.54) is 12.1 Å². The monoisotopic (exact) mass is 370 g/mol. The van der Waals surface area contributed by atoms with Crippen LogP contribution in [0.25, 0.3) is 0 Å². The Morgan fingerprint density at radius 3 is 2.65 bits per heavy atom. The molecule has 0 radical (unpaired) electrons. The number of hydrogen-bond donors (Lipinski definition) is 2. The lowest BCUT2D eigenvalue weighted by atomic mass is 10.1. The fraction of sp³-hybridized carbons (Fsp3) is 0.0526. The number of hydrogen-bond acceptors (Lipinski definition) is 4. The van der Waals surface area contributed by atoms with Crippen LogP contribution in [0.15, 0.2) is 65.1 Å². The first-order valence-electron chi connectivity index (χ1n) is 7.70. The number of anilines is 1. The Balaban J connectivity index is 1.66. The Hall–Kier alpha value is -3.25. The molecule has 0 aliphatic heterocycles. The van der Waals surface area contributed by atoms with Crippen molar-refractivity contribution in [2.75, 3.05) is 5.32 Å². The number of nitrogens with two attached hydrogens (primary N) is 1. The minimum Gasteiger partial charge on any atom is -0.486 e. The summed E-state index contributed by atoms with van der Waals surface area (Å²) in [5.74, 6) is 0.0335. The normalized spacial score (nSPS) is 10.3. The van der Waals surface area contributed by atoms with Gasteiger partial charge in [-0.15, -0.1) is 0 Å². The van der Waals surface area contributed by atoms with Crippen LogP contribution in [-0.4, -0.2) is 11.8 Å². The molecule has 3 N–H and O–H groups in total. The number of carbonyl (C=O) groups excluding carboxylic acids is 2. The second-order valence-electron chi connectivity index (χ2n) is 5.38. The number of halogens is 1. The average molecular weight is 371 g/mol. The molecule has 6 nitrogen and oxygen atoms in total. The third-order valence-electron chi connectivity index (χ3n) is 3.50. The molecule has 0 fully saturated rings. The molecule has 3 aromatic rings. The zero-order valence-electron chi connectivity index (χ0n) is 13.6. The average Bonchev–Trinajstić information content (AvgIpc) is 3.09. The van der Waals surface area contributed by atoms with E-state index >= 15 is 0 Å². The van der Waals surface area contributed by atoms with Gasteiger partial charge in [-0.25, -0.2) is 0 Å². The van der Waals surface area contributed by atoms with Crippen molar-refractivity contribution in [1.29, 1.82) is 0 Å². The maximum atomic E-state index is 12.3. The molecule has 0 atom stereocenters. The van der Waals surface area contributed by atoms with Crippen LogP contribution in [0.2, 0.25) is 5.02 Å².